The number of fused-ring (bicyclic) bond motifs is 1. The summed E-state index contributed by atoms with van der Waals surface area (Å²) in [7, 11) is 1.43. The lowest BCUT2D eigenvalue weighted by Crippen LogP contribution is -2.29. The van der Waals surface area contributed by atoms with Gasteiger partial charge in [-0.15, -0.1) is 0 Å². The molecule has 0 bridgehead atoms. The molecule has 0 saturated carbocycles. The zero-order chi connectivity index (χ0) is 24.4. The fraction of sp³-hybridized carbons (Fsp3) is 0.208. The number of carbonyl (C=O) groups is 4. The Morgan fingerprint density at radius 2 is 1.76 bits per heavy atom. The number of hydrogen-bond donors (Lipinski definition) is 1. The molecule has 0 radical (unpaired) electrons. The van der Waals surface area contributed by atoms with E-state index in [2.05, 4.69) is 10.3 Å². The fourth-order valence-corrected chi connectivity index (χ4v) is 4.45. The van der Waals surface area contributed by atoms with E-state index in [1.807, 2.05) is 0 Å². The Bertz CT molecular complexity index is 1280. The van der Waals surface area contributed by atoms with E-state index in [4.69, 9.17) is 9.47 Å². The van der Waals surface area contributed by atoms with Crippen LogP contribution in [0.5, 0.6) is 5.75 Å². The van der Waals surface area contributed by atoms with Crippen LogP contribution in [0.1, 0.15) is 58.9 Å². The molecule has 0 aliphatic carbocycles. The molecular weight excluding hydrogens is 458 g/mol. The lowest BCUT2D eigenvalue weighted by molar-refractivity contribution is 0.0529. The summed E-state index contributed by atoms with van der Waals surface area (Å²) in [5.41, 5.74) is 1.93. The summed E-state index contributed by atoms with van der Waals surface area (Å²) in [5, 5.41) is 2.91. The predicted octanol–water partition coefficient (Wildman–Crippen LogP) is 3.69. The van der Waals surface area contributed by atoms with Crippen LogP contribution in [0.2, 0.25) is 0 Å². The Balaban J connectivity index is 1.56. The number of ether oxygens (including phenoxy) is 2. The molecule has 1 N–H and O–H groups in total. The van der Waals surface area contributed by atoms with Crippen molar-refractivity contribution in [3.63, 3.8) is 0 Å². The van der Waals surface area contributed by atoms with Crippen LogP contribution in [-0.2, 0) is 11.3 Å². The highest BCUT2D eigenvalue weighted by atomic mass is 32.1. The summed E-state index contributed by atoms with van der Waals surface area (Å²) in [6, 6.07) is 11.5. The van der Waals surface area contributed by atoms with Gasteiger partial charge in [-0.05, 0) is 43.7 Å². The molecule has 3 aromatic rings. The molecule has 1 aliphatic rings. The fourth-order valence-electron chi connectivity index (χ4n) is 3.60. The SMILES string of the molecule is CCOC(=O)c1sc(NC(=O)c2cc(CN3C(=O)c4ccccc4C3=O)ccc2OC)nc1C. The van der Waals surface area contributed by atoms with Crippen LogP contribution < -0.4 is 10.1 Å². The van der Waals surface area contributed by atoms with Gasteiger partial charge in [0.2, 0.25) is 0 Å². The number of anilines is 1. The number of imide groups is 1. The van der Waals surface area contributed by atoms with Crippen LogP contribution in [0.4, 0.5) is 5.13 Å². The van der Waals surface area contributed by atoms with Crippen LogP contribution in [0, 0.1) is 6.92 Å². The lowest BCUT2D eigenvalue weighted by atomic mass is 10.1. The number of thiazole rings is 1. The van der Waals surface area contributed by atoms with Crippen molar-refractivity contribution in [1.82, 2.24) is 9.88 Å². The van der Waals surface area contributed by atoms with E-state index in [0.717, 1.165) is 16.2 Å². The third-order valence-electron chi connectivity index (χ3n) is 5.21. The highest BCUT2D eigenvalue weighted by molar-refractivity contribution is 7.17. The molecule has 1 aliphatic heterocycles. The van der Waals surface area contributed by atoms with E-state index in [9.17, 15) is 19.2 Å². The second kappa shape index (κ2) is 9.44. The number of carbonyl (C=O) groups excluding carboxylic acids is 4. The molecule has 0 fully saturated rings. The minimum absolute atomic E-state index is 0.0000123. The maximum atomic E-state index is 13.0. The number of methoxy groups -OCH3 is 1. The predicted molar refractivity (Wildman–Crippen MR) is 124 cm³/mol. The van der Waals surface area contributed by atoms with Crippen LogP contribution in [0.15, 0.2) is 42.5 Å². The Morgan fingerprint density at radius 1 is 1.09 bits per heavy atom. The van der Waals surface area contributed by atoms with Crippen molar-refractivity contribution in [2.75, 3.05) is 19.0 Å². The number of nitrogens with one attached hydrogen (secondary N) is 1. The Labute approximate surface area is 199 Å². The molecule has 0 spiro atoms. The first-order valence-electron chi connectivity index (χ1n) is 10.4. The number of rotatable bonds is 7. The summed E-state index contributed by atoms with van der Waals surface area (Å²) >= 11 is 1.01. The van der Waals surface area contributed by atoms with Crippen molar-refractivity contribution in [3.05, 3.63) is 75.3 Å². The van der Waals surface area contributed by atoms with Gasteiger partial charge in [-0.2, -0.15) is 0 Å². The standard InChI is InChI=1S/C24H21N3O6S/c1-4-33-23(31)19-13(2)25-24(34-19)26-20(28)17-11-14(9-10-18(17)32-3)12-27-21(29)15-7-5-6-8-16(15)22(27)30/h5-11H,4,12H2,1-3H3,(H,25,26,28). The summed E-state index contributed by atoms with van der Waals surface area (Å²) in [5.74, 6) is -1.47. The molecule has 2 heterocycles. The van der Waals surface area contributed by atoms with Crippen molar-refractivity contribution in [2.45, 2.75) is 20.4 Å². The molecule has 3 amide bonds. The summed E-state index contributed by atoms with van der Waals surface area (Å²) in [6.07, 6.45) is 0. The molecule has 4 rings (SSSR count). The highest BCUT2D eigenvalue weighted by Crippen LogP contribution is 2.28. The van der Waals surface area contributed by atoms with Gasteiger partial charge in [-0.1, -0.05) is 29.5 Å². The van der Waals surface area contributed by atoms with Gasteiger partial charge in [0.1, 0.15) is 10.6 Å². The van der Waals surface area contributed by atoms with E-state index in [-0.39, 0.29) is 35.7 Å². The Kier molecular flexibility index (Phi) is 6.42. The van der Waals surface area contributed by atoms with Crippen LogP contribution in [0.3, 0.4) is 0 Å². The van der Waals surface area contributed by atoms with E-state index in [1.165, 1.54) is 7.11 Å². The average Bonchev–Trinajstić information content (AvgIpc) is 3.31. The van der Waals surface area contributed by atoms with E-state index in [1.54, 1.807) is 56.3 Å². The van der Waals surface area contributed by atoms with Gasteiger partial charge in [0.15, 0.2) is 5.13 Å². The average molecular weight is 480 g/mol. The number of benzene rings is 2. The third-order valence-corrected chi connectivity index (χ3v) is 6.26. The van der Waals surface area contributed by atoms with Crippen molar-refractivity contribution in [1.29, 1.82) is 0 Å². The second-order valence-corrected chi connectivity index (χ2v) is 8.38. The van der Waals surface area contributed by atoms with Crippen molar-refractivity contribution < 1.29 is 28.7 Å². The molecule has 10 heteroatoms. The largest absolute Gasteiger partial charge is 0.496 e. The summed E-state index contributed by atoms with van der Waals surface area (Å²) in [6.45, 7) is 3.59. The van der Waals surface area contributed by atoms with Gasteiger partial charge >= 0.3 is 5.97 Å². The highest BCUT2D eigenvalue weighted by Gasteiger charge is 2.35. The smallest absolute Gasteiger partial charge is 0.350 e. The molecule has 2 aromatic carbocycles. The number of aromatic nitrogens is 1. The third kappa shape index (κ3) is 4.27. The topological polar surface area (TPSA) is 115 Å². The van der Waals surface area contributed by atoms with Crippen LogP contribution in [-0.4, -0.2) is 47.3 Å². The summed E-state index contributed by atoms with van der Waals surface area (Å²) < 4.78 is 10.3. The van der Waals surface area contributed by atoms with Gasteiger partial charge < -0.3 is 9.47 Å². The number of aryl methyl sites for hydroxylation is 1. The van der Waals surface area contributed by atoms with Crippen molar-refractivity contribution in [3.8, 4) is 5.75 Å². The lowest BCUT2D eigenvalue weighted by Gasteiger charge is -2.16. The van der Waals surface area contributed by atoms with Gasteiger partial charge in [-0.3, -0.25) is 24.6 Å². The van der Waals surface area contributed by atoms with Crippen LogP contribution >= 0.6 is 11.3 Å². The molecule has 9 nitrogen and oxygen atoms in total. The normalized spacial score (nSPS) is 12.5. The second-order valence-electron chi connectivity index (χ2n) is 7.38. The Hall–Kier alpha value is -4.05. The summed E-state index contributed by atoms with van der Waals surface area (Å²) in [4.78, 5) is 56.1. The molecule has 174 valence electrons. The van der Waals surface area contributed by atoms with E-state index >= 15 is 0 Å². The van der Waals surface area contributed by atoms with E-state index < -0.39 is 11.9 Å². The zero-order valence-electron chi connectivity index (χ0n) is 18.7. The van der Waals surface area contributed by atoms with Gasteiger partial charge in [0.25, 0.3) is 17.7 Å². The van der Waals surface area contributed by atoms with Crippen molar-refractivity contribution >= 4 is 40.2 Å². The number of hydrogen-bond acceptors (Lipinski definition) is 8. The minimum Gasteiger partial charge on any atom is -0.496 e. The quantitative estimate of drug-likeness (QED) is 0.406. The van der Waals surface area contributed by atoms with Crippen LogP contribution in [0.25, 0.3) is 0 Å². The number of amides is 3. The van der Waals surface area contributed by atoms with Gasteiger partial charge in [0, 0.05) is 0 Å². The van der Waals surface area contributed by atoms with Crippen molar-refractivity contribution in [2.24, 2.45) is 0 Å². The first kappa shape index (κ1) is 23.1. The first-order valence-corrected chi connectivity index (χ1v) is 11.2. The zero-order valence-corrected chi connectivity index (χ0v) is 19.5. The van der Waals surface area contributed by atoms with E-state index in [0.29, 0.717) is 33.0 Å². The molecule has 1 aromatic heterocycles. The van der Waals surface area contributed by atoms with Gasteiger partial charge in [0.05, 0.1) is 42.6 Å². The number of esters is 1. The number of nitrogens with zero attached hydrogens (tertiary/aromatic N) is 2. The van der Waals surface area contributed by atoms with Gasteiger partial charge in [-0.25, -0.2) is 9.78 Å². The monoisotopic (exact) mass is 479 g/mol. The maximum Gasteiger partial charge on any atom is 0.350 e. The molecule has 0 atom stereocenters. The first-order chi connectivity index (χ1) is 16.3. The Morgan fingerprint density at radius 3 is 2.38 bits per heavy atom. The minimum atomic E-state index is -0.509. The molecule has 0 saturated heterocycles. The molecular formula is C24H21N3O6S. The molecule has 34 heavy (non-hydrogen) atoms. The molecule has 0 unspecified atom stereocenters. The maximum absolute atomic E-state index is 13.0.